The van der Waals surface area contributed by atoms with Gasteiger partial charge in [0.2, 0.25) is 0 Å². The molecule has 1 atom stereocenters. The fourth-order valence-corrected chi connectivity index (χ4v) is 1.80. The number of carbonyl (C=O) groups is 2. The van der Waals surface area contributed by atoms with Crippen LogP contribution in [0, 0.1) is 0 Å². The lowest BCUT2D eigenvalue weighted by atomic mass is 10.1. The summed E-state index contributed by atoms with van der Waals surface area (Å²) in [5.41, 5.74) is 0. The van der Waals surface area contributed by atoms with E-state index in [0.29, 0.717) is 6.42 Å². The topological polar surface area (TPSA) is 52.6 Å². The molecule has 0 spiro atoms. The molecule has 0 bridgehead atoms. The van der Waals surface area contributed by atoms with Crippen LogP contribution in [0.2, 0.25) is 0 Å². The molecule has 0 aliphatic rings. The summed E-state index contributed by atoms with van der Waals surface area (Å²) >= 11 is 3.26. The number of rotatable bonds is 8. The van der Waals surface area contributed by atoms with Crippen molar-refractivity contribution < 1.29 is 19.1 Å². The zero-order chi connectivity index (χ0) is 12.4. The van der Waals surface area contributed by atoms with Crippen LogP contribution < -0.4 is 0 Å². The molecule has 0 aromatic rings. The van der Waals surface area contributed by atoms with Gasteiger partial charge in [-0.05, 0) is 12.8 Å². The number of ether oxygens (including phenoxy) is 2. The summed E-state index contributed by atoms with van der Waals surface area (Å²) in [6.45, 7) is 0. The van der Waals surface area contributed by atoms with Gasteiger partial charge < -0.3 is 9.47 Å². The Balaban J connectivity index is 3.33. The third-order valence-corrected chi connectivity index (χ3v) is 3.10. The molecule has 0 heterocycles. The number of halogens is 1. The molecule has 0 radical (unpaired) electrons. The highest BCUT2D eigenvalue weighted by molar-refractivity contribution is 9.10. The van der Waals surface area contributed by atoms with Crippen LogP contribution in [-0.4, -0.2) is 31.0 Å². The SMILES string of the molecule is COC(=O)CCCCCC[C@H](Br)C(=O)OC. The zero-order valence-electron chi connectivity index (χ0n) is 9.83. The average Bonchev–Trinajstić information content (AvgIpc) is 2.31. The first-order chi connectivity index (χ1) is 7.61. The second-order valence-electron chi connectivity index (χ2n) is 3.52. The van der Waals surface area contributed by atoms with Crippen LogP contribution >= 0.6 is 15.9 Å². The molecule has 0 saturated heterocycles. The van der Waals surface area contributed by atoms with Gasteiger partial charge in [-0.25, -0.2) is 0 Å². The molecular formula is C11H19BrO4. The van der Waals surface area contributed by atoms with Crippen molar-refractivity contribution in [2.75, 3.05) is 14.2 Å². The maximum Gasteiger partial charge on any atom is 0.319 e. The van der Waals surface area contributed by atoms with E-state index in [-0.39, 0.29) is 16.8 Å². The molecule has 94 valence electrons. The van der Waals surface area contributed by atoms with Gasteiger partial charge in [-0.3, -0.25) is 9.59 Å². The van der Waals surface area contributed by atoms with E-state index < -0.39 is 0 Å². The summed E-state index contributed by atoms with van der Waals surface area (Å²) < 4.78 is 9.12. The highest BCUT2D eigenvalue weighted by Crippen LogP contribution is 2.13. The molecule has 0 N–H and O–H groups in total. The first kappa shape index (κ1) is 15.4. The summed E-state index contributed by atoms with van der Waals surface area (Å²) in [4.78, 5) is 21.6. The van der Waals surface area contributed by atoms with E-state index in [9.17, 15) is 9.59 Å². The Hall–Kier alpha value is -0.580. The molecule has 0 aromatic heterocycles. The summed E-state index contributed by atoms with van der Waals surface area (Å²) in [5.74, 6) is -0.387. The molecule has 0 fully saturated rings. The maximum atomic E-state index is 11.0. The summed E-state index contributed by atoms with van der Waals surface area (Å²) in [6, 6.07) is 0. The Labute approximate surface area is 105 Å². The minimum absolute atomic E-state index is 0.159. The number of carbonyl (C=O) groups excluding carboxylic acids is 2. The summed E-state index contributed by atoms with van der Waals surface area (Å²) in [7, 11) is 2.78. The Bertz CT molecular complexity index is 218. The van der Waals surface area contributed by atoms with Gasteiger partial charge in [-0.2, -0.15) is 0 Å². The van der Waals surface area contributed by atoms with E-state index in [1.54, 1.807) is 0 Å². The van der Waals surface area contributed by atoms with Crippen LogP contribution in [-0.2, 0) is 19.1 Å². The quantitative estimate of drug-likeness (QED) is 0.392. The minimum Gasteiger partial charge on any atom is -0.469 e. The van der Waals surface area contributed by atoms with Crippen molar-refractivity contribution in [2.45, 2.75) is 43.4 Å². The van der Waals surface area contributed by atoms with Crippen LogP contribution in [0.15, 0.2) is 0 Å². The number of unbranched alkanes of at least 4 members (excludes halogenated alkanes) is 3. The highest BCUT2D eigenvalue weighted by Gasteiger charge is 2.13. The van der Waals surface area contributed by atoms with Gasteiger partial charge in [0, 0.05) is 6.42 Å². The molecule has 0 unspecified atom stereocenters. The lowest BCUT2D eigenvalue weighted by Crippen LogP contribution is -2.15. The van der Waals surface area contributed by atoms with Crippen LogP contribution in [0.5, 0.6) is 0 Å². The Morgan fingerprint density at radius 1 is 1.06 bits per heavy atom. The first-order valence-electron chi connectivity index (χ1n) is 5.40. The lowest BCUT2D eigenvalue weighted by molar-refractivity contribution is -0.141. The van der Waals surface area contributed by atoms with Gasteiger partial charge in [0.05, 0.1) is 14.2 Å². The van der Waals surface area contributed by atoms with E-state index in [2.05, 4.69) is 25.4 Å². The molecule has 5 heteroatoms. The zero-order valence-corrected chi connectivity index (χ0v) is 11.4. The molecule has 0 aromatic carbocycles. The van der Waals surface area contributed by atoms with Crippen molar-refractivity contribution in [3.8, 4) is 0 Å². The third-order valence-electron chi connectivity index (χ3n) is 2.27. The molecule has 16 heavy (non-hydrogen) atoms. The van der Waals surface area contributed by atoms with Gasteiger partial charge in [0.15, 0.2) is 0 Å². The van der Waals surface area contributed by atoms with E-state index in [4.69, 9.17) is 0 Å². The molecule has 4 nitrogen and oxygen atoms in total. The summed E-state index contributed by atoms with van der Waals surface area (Å²) in [6.07, 6.45) is 5.03. The van der Waals surface area contributed by atoms with Crippen molar-refractivity contribution >= 4 is 27.9 Å². The number of hydrogen-bond donors (Lipinski definition) is 0. The Morgan fingerprint density at radius 2 is 1.69 bits per heavy atom. The Kier molecular flexibility index (Phi) is 9.28. The van der Waals surface area contributed by atoms with Crippen molar-refractivity contribution in [3.63, 3.8) is 0 Å². The van der Waals surface area contributed by atoms with E-state index >= 15 is 0 Å². The normalized spacial score (nSPS) is 11.9. The predicted molar refractivity (Wildman–Crippen MR) is 64.4 cm³/mol. The van der Waals surface area contributed by atoms with Gasteiger partial charge in [0.25, 0.3) is 0 Å². The fraction of sp³-hybridized carbons (Fsp3) is 0.818. The third kappa shape index (κ3) is 7.68. The predicted octanol–water partition coefficient (Wildman–Crippen LogP) is 2.44. The smallest absolute Gasteiger partial charge is 0.319 e. The number of hydrogen-bond acceptors (Lipinski definition) is 4. The van der Waals surface area contributed by atoms with Crippen molar-refractivity contribution in [1.29, 1.82) is 0 Å². The van der Waals surface area contributed by atoms with Gasteiger partial charge >= 0.3 is 11.9 Å². The molecule has 0 saturated carbocycles. The summed E-state index contributed by atoms with van der Waals surface area (Å²) in [5, 5.41) is 0. The molecule has 0 aliphatic carbocycles. The van der Waals surface area contributed by atoms with Gasteiger partial charge in [-0.15, -0.1) is 0 Å². The van der Waals surface area contributed by atoms with Crippen LogP contribution in [0.1, 0.15) is 38.5 Å². The number of methoxy groups -OCH3 is 2. The monoisotopic (exact) mass is 294 g/mol. The van der Waals surface area contributed by atoms with Crippen LogP contribution in [0.3, 0.4) is 0 Å². The van der Waals surface area contributed by atoms with Crippen LogP contribution in [0.4, 0.5) is 0 Å². The fourth-order valence-electron chi connectivity index (χ4n) is 1.29. The molecular weight excluding hydrogens is 276 g/mol. The number of alkyl halides is 1. The average molecular weight is 295 g/mol. The lowest BCUT2D eigenvalue weighted by Gasteiger charge is -2.06. The molecule has 0 aliphatic heterocycles. The second kappa shape index (κ2) is 9.63. The molecule has 0 amide bonds. The number of esters is 2. The first-order valence-corrected chi connectivity index (χ1v) is 6.32. The standard InChI is InChI=1S/C11H19BrO4/c1-15-10(13)8-6-4-3-5-7-9(12)11(14)16-2/h9H,3-8H2,1-2H3/t9-/m0/s1. The Morgan fingerprint density at radius 3 is 2.25 bits per heavy atom. The van der Waals surface area contributed by atoms with E-state index in [1.165, 1.54) is 14.2 Å². The van der Waals surface area contributed by atoms with Gasteiger partial charge in [-0.1, -0.05) is 35.2 Å². The van der Waals surface area contributed by atoms with E-state index in [0.717, 1.165) is 32.1 Å². The van der Waals surface area contributed by atoms with Crippen molar-refractivity contribution in [1.82, 2.24) is 0 Å². The highest BCUT2D eigenvalue weighted by atomic mass is 79.9. The second-order valence-corrected chi connectivity index (χ2v) is 4.63. The van der Waals surface area contributed by atoms with Crippen molar-refractivity contribution in [3.05, 3.63) is 0 Å². The van der Waals surface area contributed by atoms with Crippen molar-refractivity contribution in [2.24, 2.45) is 0 Å². The van der Waals surface area contributed by atoms with Gasteiger partial charge in [0.1, 0.15) is 4.83 Å². The largest absolute Gasteiger partial charge is 0.469 e. The van der Waals surface area contributed by atoms with Crippen LogP contribution in [0.25, 0.3) is 0 Å². The van der Waals surface area contributed by atoms with E-state index in [1.807, 2.05) is 0 Å². The minimum atomic E-state index is -0.227. The maximum absolute atomic E-state index is 11.0. The molecule has 0 rings (SSSR count).